The largest absolute Gasteiger partial charge is 0.301 e. The Bertz CT molecular complexity index is 939. The van der Waals surface area contributed by atoms with E-state index in [9.17, 15) is 4.79 Å². The Morgan fingerprint density at radius 2 is 2.04 bits per heavy atom. The molecule has 1 atom stereocenters. The summed E-state index contributed by atoms with van der Waals surface area (Å²) in [5, 5.41) is 8.00. The van der Waals surface area contributed by atoms with Crippen molar-refractivity contribution in [1.29, 1.82) is 0 Å². The number of anilines is 1. The molecular weight excluding hydrogens is 332 g/mol. The van der Waals surface area contributed by atoms with Gasteiger partial charge in [-0.15, -0.1) is 11.3 Å². The standard InChI is InChI=1S/C19H20N4OS/c1-11-4-6-13(7-5-11)12(2)18(24)22-19-21-17-14-10-20-23(3)15(14)8-9-16(17)25-19/h4-7,10,12H,8-9H2,1-3H3,(H,21,22,24)/t12-/m1/s1. The molecule has 1 N–H and O–H groups in total. The molecule has 0 spiro atoms. The smallest absolute Gasteiger partial charge is 0.233 e. The van der Waals surface area contributed by atoms with Crippen molar-refractivity contribution >= 4 is 22.4 Å². The maximum atomic E-state index is 12.6. The van der Waals surface area contributed by atoms with Crippen LogP contribution in [0.1, 0.15) is 34.5 Å². The Labute approximate surface area is 150 Å². The number of benzene rings is 1. The number of fused-ring (bicyclic) bond motifs is 3. The minimum atomic E-state index is -0.213. The molecule has 0 bridgehead atoms. The van der Waals surface area contributed by atoms with Crippen LogP contribution in [0.25, 0.3) is 11.3 Å². The molecule has 5 nitrogen and oxygen atoms in total. The first-order chi connectivity index (χ1) is 12.0. The Kier molecular flexibility index (Phi) is 3.92. The zero-order valence-corrected chi connectivity index (χ0v) is 15.4. The van der Waals surface area contributed by atoms with Crippen molar-refractivity contribution < 1.29 is 4.79 Å². The molecule has 25 heavy (non-hydrogen) atoms. The zero-order chi connectivity index (χ0) is 17.6. The number of aryl methyl sites for hydroxylation is 3. The van der Waals surface area contributed by atoms with Gasteiger partial charge in [0.2, 0.25) is 5.91 Å². The van der Waals surface area contributed by atoms with Crippen molar-refractivity contribution in [3.05, 3.63) is 52.2 Å². The number of nitrogens with zero attached hydrogens (tertiary/aromatic N) is 3. The number of carbonyl (C=O) groups is 1. The summed E-state index contributed by atoms with van der Waals surface area (Å²) in [6.07, 6.45) is 3.78. The lowest BCUT2D eigenvalue weighted by molar-refractivity contribution is -0.117. The molecule has 6 heteroatoms. The zero-order valence-electron chi connectivity index (χ0n) is 14.5. The Balaban J connectivity index is 1.55. The van der Waals surface area contributed by atoms with Crippen molar-refractivity contribution in [3.8, 4) is 11.3 Å². The Hall–Kier alpha value is -2.47. The van der Waals surface area contributed by atoms with Gasteiger partial charge < -0.3 is 5.32 Å². The van der Waals surface area contributed by atoms with E-state index in [2.05, 4.69) is 15.4 Å². The van der Waals surface area contributed by atoms with E-state index in [0.29, 0.717) is 5.13 Å². The van der Waals surface area contributed by atoms with E-state index < -0.39 is 0 Å². The van der Waals surface area contributed by atoms with Gasteiger partial charge in [-0.25, -0.2) is 4.98 Å². The van der Waals surface area contributed by atoms with Crippen molar-refractivity contribution in [2.75, 3.05) is 5.32 Å². The molecule has 1 aliphatic rings. The lowest BCUT2D eigenvalue weighted by Crippen LogP contribution is -2.18. The molecule has 0 saturated carbocycles. The fourth-order valence-electron chi connectivity index (χ4n) is 3.19. The summed E-state index contributed by atoms with van der Waals surface area (Å²) in [7, 11) is 1.96. The lowest BCUT2D eigenvalue weighted by atomic mass is 9.99. The van der Waals surface area contributed by atoms with Crippen LogP contribution in [0.4, 0.5) is 5.13 Å². The maximum Gasteiger partial charge on any atom is 0.233 e. The minimum Gasteiger partial charge on any atom is -0.301 e. The SMILES string of the molecule is Cc1ccc([C@@H](C)C(=O)Nc2nc3c(s2)CCc2c-3cnn2C)cc1. The Morgan fingerprint density at radius 3 is 2.80 bits per heavy atom. The molecule has 1 aliphatic carbocycles. The molecule has 0 aliphatic heterocycles. The van der Waals surface area contributed by atoms with Crippen LogP contribution in [0.2, 0.25) is 0 Å². The second-order valence-corrected chi connectivity index (χ2v) is 7.62. The highest BCUT2D eigenvalue weighted by molar-refractivity contribution is 7.16. The highest BCUT2D eigenvalue weighted by Gasteiger charge is 2.25. The lowest BCUT2D eigenvalue weighted by Gasteiger charge is -2.11. The van der Waals surface area contributed by atoms with E-state index >= 15 is 0 Å². The van der Waals surface area contributed by atoms with Gasteiger partial charge in [0.25, 0.3) is 0 Å². The van der Waals surface area contributed by atoms with Crippen LogP contribution in [0.15, 0.2) is 30.5 Å². The summed E-state index contributed by atoms with van der Waals surface area (Å²) in [6.45, 7) is 3.97. The topological polar surface area (TPSA) is 59.8 Å². The molecular formula is C19H20N4OS. The molecule has 1 amide bonds. The Morgan fingerprint density at radius 1 is 1.28 bits per heavy atom. The van der Waals surface area contributed by atoms with Crippen LogP contribution in [0.5, 0.6) is 0 Å². The van der Waals surface area contributed by atoms with Gasteiger partial charge >= 0.3 is 0 Å². The number of thiazole rings is 1. The molecule has 2 heterocycles. The predicted octanol–water partition coefficient (Wildman–Crippen LogP) is 3.69. The quantitative estimate of drug-likeness (QED) is 0.782. The van der Waals surface area contributed by atoms with Gasteiger partial charge in [-0.3, -0.25) is 9.48 Å². The van der Waals surface area contributed by atoms with Crippen molar-refractivity contribution in [2.45, 2.75) is 32.6 Å². The highest BCUT2D eigenvalue weighted by Crippen LogP contribution is 2.38. The van der Waals surface area contributed by atoms with Crippen LogP contribution < -0.4 is 5.32 Å². The first kappa shape index (κ1) is 16.0. The molecule has 0 fully saturated rings. The first-order valence-corrected chi connectivity index (χ1v) is 9.23. The summed E-state index contributed by atoms with van der Waals surface area (Å²) >= 11 is 1.57. The average Bonchev–Trinajstić information content (AvgIpc) is 3.18. The predicted molar refractivity (Wildman–Crippen MR) is 99.9 cm³/mol. The normalized spacial score (nSPS) is 13.9. The van der Waals surface area contributed by atoms with Crippen LogP contribution in [0.3, 0.4) is 0 Å². The van der Waals surface area contributed by atoms with E-state index in [1.54, 1.807) is 11.3 Å². The molecule has 0 unspecified atom stereocenters. The van der Waals surface area contributed by atoms with Gasteiger partial charge in [-0.2, -0.15) is 5.10 Å². The fourth-order valence-corrected chi connectivity index (χ4v) is 4.17. The third-order valence-electron chi connectivity index (χ3n) is 4.80. The molecule has 128 valence electrons. The number of aromatic nitrogens is 3. The second-order valence-electron chi connectivity index (χ2n) is 6.54. The van der Waals surface area contributed by atoms with Gasteiger partial charge in [0.05, 0.1) is 17.8 Å². The van der Waals surface area contributed by atoms with E-state index in [1.165, 1.54) is 16.1 Å². The monoisotopic (exact) mass is 352 g/mol. The average molecular weight is 352 g/mol. The number of hydrogen-bond donors (Lipinski definition) is 1. The van der Waals surface area contributed by atoms with Crippen LogP contribution in [-0.2, 0) is 24.7 Å². The molecule has 0 radical (unpaired) electrons. The molecule has 2 aromatic heterocycles. The number of nitrogens with one attached hydrogen (secondary N) is 1. The van der Waals surface area contributed by atoms with Gasteiger partial charge in [0.15, 0.2) is 5.13 Å². The number of rotatable bonds is 3. The third kappa shape index (κ3) is 2.87. The first-order valence-electron chi connectivity index (χ1n) is 8.41. The number of amides is 1. The van der Waals surface area contributed by atoms with E-state index in [4.69, 9.17) is 0 Å². The molecule has 1 aromatic carbocycles. The minimum absolute atomic E-state index is 0.0265. The maximum absolute atomic E-state index is 12.6. The van der Waals surface area contributed by atoms with Crippen LogP contribution in [-0.4, -0.2) is 20.7 Å². The van der Waals surface area contributed by atoms with E-state index in [-0.39, 0.29) is 11.8 Å². The van der Waals surface area contributed by atoms with Crippen molar-refractivity contribution in [1.82, 2.24) is 14.8 Å². The van der Waals surface area contributed by atoms with E-state index in [1.807, 2.05) is 56.0 Å². The number of carbonyl (C=O) groups excluding carboxylic acids is 1. The van der Waals surface area contributed by atoms with Crippen molar-refractivity contribution in [2.24, 2.45) is 7.05 Å². The second kappa shape index (κ2) is 6.11. The van der Waals surface area contributed by atoms with Crippen LogP contribution >= 0.6 is 11.3 Å². The summed E-state index contributed by atoms with van der Waals surface area (Å²) in [6, 6.07) is 8.08. The summed E-state index contributed by atoms with van der Waals surface area (Å²) in [5.41, 5.74) is 5.48. The summed E-state index contributed by atoms with van der Waals surface area (Å²) < 4.78 is 1.91. The third-order valence-corrected chi connectivity index (χ3v) is 5.83. The van der Waals surface area contributed by atoms with E-state index in [0.717, 1.165) is 29.7 Å². The van der Waals surface area contributed by atoms with Crippen molar-refractivity contribution in [3.63, 3.8) is 0 Å². The fraction of sp³-hybridized carbons (Fsp3) is 0.316. The molecule has 3 aromatic rings. The van der Waals surface area contributed by atoms with Gasteiger partial charge in [-0.05, 0) is 32.3 Å². The van der Waals surface area contributed by atoms with Gasteiger partial charge in [0.1, 0.15) is 0 Å². The highest BCUT2D eigenvalue weighted by atomic mass is 32.1. The van der Waals surface area contributed by atoms with Gasteiger partial charge in [0, 0.05) is 23.2 Å². The van der Waals surface area contributed by atoms with Gasteiger partial charge in [-0.1, -0.05) is 29.8 Å². The summed E-state index contributed by atoms with van der Waals surface area (Å²) in [4.78, 5) is 18.5. The summed E-state index contributed by atoms with van der Waals surface area (Å²) in [5.74, 6) is -0.239. The number of hydrogen-bond acceptors (Lipinski definition) is 4. The van der Waals surface area contributed by atoms with Crippen LogP contribution in [0, 0.1) is 6.92 Å². The molecule has 4 rings (SSSR count). The molecule has 0 saturated heterocycles.